The Hall–Kier alpha value is -2.18. The van der Waals surface area contributed by atoms with Gasteiger partial charge in [-0.2, -0.15) is 0 Å². The highest BCUT2D eigenvalue weighted by Crippen LogP contribution is 2.36. The van der Waals surface area contributed by atoms with E-state index < -0.39 is 10.0 Å². The van der Waals surface area contributed by atoms with Gasteiger partial charge in [0.1, 0.15) is 11.5 Å². The molecule has 0 aliphatic carbocycles. The third kappa shape index (κ3) is 4.71. The van der Waals surface area contributed by atoms with Crippen LogP contribution in [-0.2, 0) is 10.0 Å². The quantitative estimate of drug-likeness (QED) is 0.770. The molecule has 0 saturated heterocycles. The molecule has 7 heteroatoms. The van der Waals surface area contributed by atoms with Crippen LogP contribution < -0.4 is 14.2 Å². The van der Waals surface area contributed by atoms with Gasteiger partial charge in [-0.1, -0.05) is 29.3 Å². The Morgan fingerprint density at radius 3 is 2.08 bits per heavy atom. The molecule has 0 amide bonds. The van der Waals surface area contributed by atoms with Crippen molar-refractivity contribution in [3.05, 3.63) is 56.9 Å². The lowest BCUT2D eigenvalue weighted by Crippen LogP contribution is -2.10. The highest BCUT2D eigenvalue weighted by molar-refractivity contribution is 7.95. The number of ether oxygens (including phenoxy) is 2. The summed E-state index contributed by atoms with van der Waals surface area (Å²) >= 11 is 6.08. The number of aryl methyl sites for hydroxylation is 3. The smallest absolute Gasteiger partial charge is 0.255 e. The fourth-order valence-corrected chi connectivity index (χ4v) is 3.83. The summed E-state index contributed by atoms with van der Waals surface area (Å²) in [5.74, 6) is 0.707. The molecule has 0 aliphatic rings. The number of methoxy groups -OCH3 is 2. The van der Waals surface area contributed by atoms with Crippen LogP contribution in [0.4, 0.5) is 5.69 Å². The van der Waals surface area contributed by atoms with E-state index in [1.54, 1.807) is 6.08 Å². The van der Waals surface area contributed by atoms with Crippen molar-refractivity contribution < 1.29 is 17.9 Å². The predicted octanol–water partition coefficient (Wildman–Crippen LogP) is 4.70. The molecule has 2 rings (SSSR count). The molecular weight excluding hydrogens is 374 g/mol. The number of anilines is 1. The topological polar surface area (TPSA) is 64.6 Å². The summed E-state index contributed by atoms with van der Waals surface area (Å²) in [6.07, 6.45) is 1.59. The first-order valence-electron chi connectivity index (χ1n) is 7.87. The standard InChI is InChI=1S/C19H22ClNO4S/c1-12-8-13(2)15(14(3)9-12)6-7-26(22,23)21-17-10-16(20)18(24-4)11-19(17)25-5/h6-11,21H,1-5H3/b7-6+. The number of nitrogens with one attached hydrogen (secondary N) is 1. The van der Waals surface area contributed by atoms with Crippen molar-refractivity contribution in [1.29, 1.82) is 0 Å². The molecule has 1 N–H and O–H groups in total. The summed E-state index contributed by atoms with van der Waals surface area (Å²) in [7, 11) is -0.844. The molecule has 0 unspecified atom stereocenters. The molecule has 26 heavy (non-hydrogen) atoms. The Bertz CT molecular complexity index is 929. The number of hydrogen-bond acceptors (Lipinski definition) is 4. The van der Waals surface area contributed by atoms with Gasteiger partial charge in [0.05, 0.1) is 30.3 Å². The van der Waals surface area contributed by atoms with Crippen LogP contribution in [0.25, 0.3) is 6.08 Å². The molecule has 0 aromatic heterocycles. The number of hydrogen-bond donors (Lipinski definition) is 1. The lowest BCUT2D eigenvalue weighted by Gasteiger charge is -2.13. The van der Waals surface area contributed by atoms with E-state index in [-0.39, 0.29) is 10.7 Å². The molecular formula is C19H22ClNO4S. The second-order valence-corrected chi connectivity index (χ2v) is 7.92. The van der Waals surface area contributed by atoms with Crippen LogP contribution in [0.1, 0.15) is 22.3 Å². The van der Waals surface area contributed by atoms with Gasteiger partial charge >= 0.3 is 0 Å². The largest absolute Gasteiger partial charge is 0.495 e. The van der Waals surface area contributed by atoms with Gasteiger partial charge in [-0.05, 0) is 49.6 Å². The first kappa shape index (κ1) is 20.1. The van der Waals surface area contributed by atoms with Gasteiger partial charge in [-0.25, -0.2) is 8.42 Å². The van der Waals surface area contributed by atoms with Gasteiger partial charge in [0, 0.05) is 6.07 Å². The second-order valence-electron chi connectivity index (χ2n) is 5.95. The number of benzene rings is 2. The Kier molecular flexibility index (Phi) is 6.21. The van der Waals surface area contributed by atoms with E-state index in [9.17, 15) is 8.42 Å². The molecule has 5 nitrogen and oxygen atoms in total. The zero-order valence-corrected chi connectivity index (χ0v) is 17.0. The molecule has 0 atom stereocenters. The van der Waals surface area contributed by atoms with Gasteiger partial charge in [0.15, 0.2) is 0 Å². The van der Waals surface area contributed by atoms with E-state index >= 15 is 0 Å². The maximum Gasteiger partial charge on any atom is 0.255 e. The highest BCUT2D eigenvalue weighted by Gasteiger charge is 2.15. The van der Waals surface area contributed by atoms with Crippen molar-refractivity contribution in [1.82, 2.24) is 0 Å². The van der Waals surface area contributed by atoms with Gasteiger partial charge in [-0.3, -0.25) is 4.72 Å². The summed E-state index contributed by atoms with van der Waals surface area (Å²) in [6, 6.07) is 7.00. The van der Waals surface area contributed by atoms with Gasteiger partial charge < -0.3 is 9.47 Å². The van der Waals surface area contributed by atoms with Crippen molar-refractivity contribution in [2.75, 3.05) is 18.9 Å². The Labute approximate surface area is 159 Å². The van der Waals surface area contributed by atoms with Crippen molar-refractivity contribution in [3.63, 3.8) is 0 Å². The van der Waals surface area contributed by atoms with Crippen LogP contribution in [0.3, 0.4) is 0 Å². The summed E-state index contributed by atoms with van der Waals surface area (Å²) in [5, 5.41) is 1.41. The van der Waals surface area contributed by atoms with Gasteiger partial charge in [-0.15, -0.1) is 0 Å². The average Bonchev–Trinajstić information content (AvgIpc) is 2.53. The van der Waals surface area contributed by atoms with E-state index in [0.29, 0.717) is 11.5 Å². The van der Waals surface area contributed by atoms with Gasteiger partial charge in [0.25, 0.3) is 10.0 Å². The minimum atomic E-state index is -3.76. The zero-order valence-electron chi connectivity index (χ0n) is 15.4. The van der Waals surface area contributed by atoms with Crippen LogP contribution in [0, 0.1) is 20.8 Å². The zero-order chi connectivity index (χ0) is 19.5. The summed E-state index contributed by atoms with van der Waals surface area (Å²) < 4.78 is 37.7. The fourth-order valence-electron chi connectivity index (χ4n) is 2.74. The molecule has 0 spiro atoms. The van der Waals surface area contributed by atoms with E-state index in [4.69, 9.17) is 21.1 Å². The number of rotatable bonds is 6. The normalized spacial score (nSPS) is 11.6. The van der Waals surface area contributed by atoms with Crippen LogP contribution in [-0.4, -0.2) is 22.6 Å². The van der Waals surface area contributed by atoms with Crippen molar-refractivity contribution in [2.45, 2.75) is 20.8 Å². The SMILES string of the molecule is COc1cc(OC)c(NS(=O)(=O)/C=C/c2c(C)cc(C)cc2C)cc1Cl. The number of halogens is 1. The maximum atomic E-state index is 12.5. The van der Waals surface area contributed by atoms with Crippen LogP contribution in [0.2, 0.25) is 5.02 Å². The molecule has 0 fully saturated rings. The highest BCUT2D eigenvalue weighted by atomic mass is 35.5. The second kappa shape index (κ2) is 8.01. The monoisotopic (exact) mass is 395 g/mol. The molecule has 0 heterocycles. The van der Waals surface area contributed by atoms with E-state index in [2.05, 4.69) is 4.72 Å². The summed E-state index contributed by atoms with van der Waals surface area (Å²) in [4.78, 5) is 0. The Morgan fingerprint density at radius 2 is 1.54 bits per heavy atom. The fraction of sp³-hybridized carbons (Fsp3) is 0.263. The third-order valence-electron chi connectivity index (χ3n) is 3.88. The van der Waals surface area contributed by atoms with Crippen LogP contribution in [0.5, 0.6) is 11.5 Å². The number of sulfonamides is 1. The minimum absolute atomic E-state index is 0.236. The molecule has 0 aliphatic heterocycles. The molecule has 0 radical (unpaired) electrons. The first-order chi connectivity index (χ1) is 12.2. The van der Waals surface area contributed by atoms with Crippen LogP contribution >= 0.6 is 11.6 Å². The molecule has 2 aromatic carbocycles. The van der Waals surface area contributed by atoms with Crippen molar-refractivity contribution >= 4 is 33.4 Å². The maximum absolute atomic E-state index is 12.5. The van der Waals surface area contributed by atoms with Crippen molar-refractivity contribution in [3.8, 4) is 11.5 Å². The first-order valence-corrected chi connectivity index (χ1v) is 9.79. The van der Waals surface area contributed by atoms with E-state index in [0.717, 1.165) is 27.7 Å². The Morgan fingerprint density at radius 1 is 0.962 bits per heavy atom. The molecule has 0 bridgehead atoms. The predicted molar refractivity (Wildman–Crippen MR) is 107 cm³/mol. The average molecular weight is 396 g/mol. The molecule has 0 saturated carbocycles. The Balaban J connectivity index is 2.34. The van der Waals surface area contributed by atoms with Gasteiger partial charge in [0.2, 0.25) is 0 Å². The van der Waals surface area contributed by atoms with E-state index in [1.807, 2.05) is 32.9 Å². The van der Waals surface area contributed by atoms with E-state index in [1.165, 1.54) is 26.4 Å². The minimum Gasteiger partial charge on any atom is -0.495 e. The summed E-state index contributed by atoms with van der Waals surface area (Å²) in [6.45, 7) is 5.91. The summed E-state index contributed by atoms with van der Waals surface area (Å²) in [5.41, 5.74) is 4.27. The molecule has 2 aromatic rings. The van der Waals surface area contributed by atoms with Crippen molar-refractivity contribution in [2.24, 2.45) is 0 Å². The lowest BCUT2D eigenvalue weighted by atomic mass is 10.0. The third-order valence-corrected chi connectivity index (χ3v) is 5.17. The molecule has 140 valence electrons. The van der Waals surface area contributed by atoms with Crippen LogP contribution in [0.15, 0.2) is 29.7 Å². The lowest BCUT2D eigenvalue weighted by molar-refractivity contribution is 0.396.